The van der Waals surface area contributed by atoms with Gasteiger partial charge < -0.3 is 10.2 Å². The molecule has 106 valence electrons. The van der Waals surface area contributed by atoms with Crippen molar-refractivity contribution in [3.63, 3.8) is 0 Å². The predicted molar refractivity (Wildman–Crippen MR) is 83.2 cm³/mol. The lowest BCUT2D eigenvalue weighted by Crippen LogP contribution is -2.46. The van der Waals surface area contributed by atoms with Crippen LogP contribution in [0.5, 0.6) is 0 Å². The Kier molecular flexibility index (Phi) is 5.49. The van der Waals surface area contributed by atoms with E-state index in [9.17, 15) is 0 Å². The predicted octanol–water partition coefficient (Wildman–Crippen LogP) is 2.59. The van der Waals surface area contributed by atoms with Crippen LogP contribution in [0.4, 0.5) is 5.69 Å². The van der Waals surface area contributed by atoms with Crippen molar-refractivity contribution in [1.82, 2.24) is 10.2 Å². The average Bonchev–Trinajstić information content (AvgIpc) is 2.41. The fourth-order valence-corrected chi connectivity index (χ4v) is 2.92. The van der Waals surface area contributed by atoms with E-state index in [-0.39, 0.29) is 0 Å². The number of hydrogen-bond donors (Lipinski definition) is 1. The van der Waals surface area contributed by atoms with Crippen LogP contribution >= 0.6 is 11.6 Å². The van der Waals surface area contributed by atoms with E-state index < -0.39 is 0 Å². The molecule has 0 unspecified atom stereocenters. The number of nitrogens with one attached hydrogen (secondary N) is 1. The van der Waals surface area contributed by atoms with Gasteiger partial charge in [-0.15, -0.1) is 0 Å². The molecule has 1 heterocycles. The van der Waals surface area contributed by atoms with Gasteiger partial charge in [-0.3, -0.25) is 4.90 Å². The van der Waals surface area contributed by atoms with Gasteiger partial charge in [-0.25, -0.2) is 0 Å². The molecule has 1 aromatic carbocycles. The number of nitrogens with zero attached hydrogens (tertiary/aromatic N) is 2. The van der Waals surface area contributed by atoms with E-state index in [1.54, 1.807) is 0 Å². The van der Waals surface area contributed by atoms with Crippen LogP contribution in [0.3, 0.4) is 0 Å². The molecule has 0 spiro atoms. The van der Waals surface area contributed by atoms with Crippen LogP contribution in [0.15, 0.2) is 18.2 Å². The van der Waals surface area contributed by atoms with Crippen molar-refractivity contribution in [2.75, 3.05) is 44.7 Å². The molecule has 1 N–H and O–H groups in total. The summed E-state index contributed by atoms with van der Waals surface area (Å²) in [7, 11) is 1.98. The highest BCUT2D eigenvalue weighted by Gasteiger charge is 2.18. The normalized spacial score (nSPS) is 16.9. The molecule has 2 rings (SSSR count). The van der Waals surface area contributed by atoms with E-state index in [2.05, 4.69) is 34.2 Å². The third kappa shape index (κ3) is 3.85. The summed E-state index contributed by atoms with van der Waals surface area (Å²) in [6.45, 7) is 8.88. The van der Waals surface area contributed by atoms with Gasteiger partial charge >= 0.3 is 0 Å². The number of halogens is 1. The van der Waals surface area contributed by atoms with Crippen molar-refractivity contribution in [3.8, 4) is 0 Å². The third-order valence-corrected chi connectivity index (χ3v) is 3.90. The van der Waals surface area contributed by atoms with Gasteiger partial charge in [0.05, 0.1) is 0 Å². The first-order valence-electron chi connectivity index (χ1n) is 7.15. The Morgan fingerprint density at radius 2 is 1.95 bits per heavy atom. The smallest absolute Gasteiger partial charge is 0.0413 e. The van der Waals surface area contributed by atoms with E-state index in [0.717, 1.165) is 37.7 Å². The lowest BCUT2D eigenvalue weighted by molar-refractivity contribution is 0.258. The molecule has 0 saturated carbocycles. The lowest BCUT2D eigenvalue weighted by atomic mass is 10.1. The Balaban J connectivity index is 2.06. The molecule has 3 nitrogen and oxygen atoms in total. The second kappa shape index (κ2) is 7.13. The molecule has 1 saturated heterocycles. The minimum Gasteiger partial charge on any atom is -0.369 e. The summed E-state index contributed by atoms with van der Waals surface area (Å²) in [5.74, 6) is 0. The van der Waals surface area contributed by atoms with E-state index >= 15 is 0 Å². The van der Waals surface area contributed by atoms with Crippen molar-refractivity contribution in [2.24, 2.45) is 0 Å². The number of benzene rings is 1. The highest BCUT2D eigenvalue weighted by atomic mass is 35.5. The van der Waals surface area contributed by atoms with Crippen LogP contribution in [0.25, 0.3) is 0 Å². The van der Waals surface area contributed by atoms with Crippen LogP contribution in [0, 0.1) is 0 Å². The van der Waals surface area contributed by atoms with Gasteiger partial charge in [-0.05, 0) is 43.8 Å². The first kappa shape index (κ1) is 14.6. The van der Waals surface area contributed by atoms with Crippen LogP contribution in [0.2, 0.25) is 5.02 Å². The van der Waals surface area contributed by atoms with Gasteiger partial charge in [0.15, 0.2) is 0 Å². The Labute approximate surface area is 121 Å². The Morgan fingerprint density at radius 1 is 1.21 bits per heavy atom. The van der Waals surface area contributed by atoms with E-state index in [1.165, 1.54) is 24.2 Å². The zero-order valence-electron chi connectivity index (χ0n) is 12.0. The molecule has 0 atom stereocenters. The first-order valence-corrected chi connectivity index (χ1v) is 7.52. The molecule has 0 bridgehead atoms. The zero-order valence-corrected chi connectivity index (χ0v) is 12.7. The molecular weight excluding hydrogens is 258 g/mol. The SMILES string of the molecule is CCCN1CCN(c2ccc(Cl)cc2CNC)CC1. The second-order valence-electron chi connectivity index (χ2n) is 5.13. The maximum absolute atomic E-state index is 6.10. The van der Waals surface area contributed by atoms with Crippen molar-refractivity contribution < 1.29 is 0 Å². The van der Waals surface area contributed by atoms with Gasteiger partial charge in [0.1, 0.15) is 0 Å². The molecule has 1 fully saturated rings. The van der Waals surface area contributed by atoms with Crippen molar-refractivity contribution in [1.29, 1.82) is 0 Å². The number of anilines is 1. The Hall–Kier alpha value is -0.770. The summed E-state index contributed by atoms with van der Waals surface area (Å²) in [6.07, 6.45) is 1.24. The fraction of sp³-hybridized carbons (Fsp3) is 0.600. The summed E-state index contributed by atoms with van der Waals surface area (Å²) >= 11 is 6.10. The fourth-order valence-electron chi connectivity index (χ4n) is 2.72. The molecule has 0 aromatic heterocycles. The summed E-state index contributed by atoms with van der Waals surface area (Å²) < 4.78 is 0. The molecular formula is C15H24ClN3. The van der Waals surface area contributed by atoms with Crippen LogP contribution in [-0.2, 0) is 6.54 Å². The minimum atomic E-state index is 0.818. The van der Waals surface area contributed by atoms with Crippen LogP contribution in [-0.4, -0.2) is 44.7 Å². The van der Waals surface area contributed by atoms with Gasteiger partial charge in [-0.2, -0.15) is 0 Å². The van der Waals surface area contributed by atoms with E-state index in [4.69, 9.17) is 11.6 Å². The van der Waals surface area contributed by atoms with E-state index in [0.29, 0.717) is 0 Å². The van der Waals surface area contributed by atoms with Crippen LogP contribution in [0.1, 0.15) is 18.9 Å². The summed E-state index contributed by atoms with van der Waals surface area (Å²) in [5, 5.41) is 4.04. The van der Waals surface area contributed by atoms with Gasteiger partial charge in [0, 0.05) is 43.4 Å². The molecule has 1 aliphatic rings. The lowest BCUT2D eigenvalue weighted by Gasteiger charge is -2.37. The Morgan fingerprint density at radius 3 is 2.58 bits per heavy atom. The monoisotopic (exact) mass is 281 g/mol. The largest absolute Gasteiger partial charge is 0.369 e. The standard InChI is InChI=1S/C15H24ClN3/c1-3-6-18-7-9-19(10-8-18)15-5-4-14(16)11-13(15)12-17-2/h4-5,11,17H,3,6-10,12H2,1-2H3. The first-order chi connectivity index (χ1) is 9.24. The second-order valence-corrected chi connectivity index (χ2v) is 5.57. The summed E-state index contributed by atoms with van der Waals surface area (Å²) in [6, 6.07) is 6.23. The number of rotatable bonds is 5. The van der Waals surface area contributed by atoms with Crippen molar-refractivity contribution in [3.05, 3.63) is 28.8 Å². The van der Waals surface area contributed by atoms with Gasteiger partial charge in [-0.1, -0.05) is 18.5 Å². The highest BCUT2D eigenvalue weighted by molar-refractivity contribution is 6.30. The molecule has 0 aliphatic carbocycles. The molecule has 0 amide bonds. The molecule has 4 heteroatoms. The summed E-state index contributed by atoms with van der Waals surface area (Å²) in [4.78, 5) is 5.03. The molecule has 1 aromatic rings. The molecule has 1 aliphatic heterocycles. The Bertz CT molecular complexity index is 400. The number of piperazine rings is 1. The average molecular weight is 282 g/mol. The molecule has 0 radical (unpaired) electrons. The quantitative estimate of drug-likeness (QED) is 0.895. The number of hydrogen-bond acceptors (Lipinski definition) is 3. The zero-order chi connectivity index (χ0) is 13.7. The highest BCUT2D eigenvalue weighted by Crippen LogP contribution is 2.25. The van der Waals surface area contributed by atoms with Crippen molar-refractivity contribution in [2.45, 2.75) is 19.9 Å². The van der Waals surface area contributed by atoms with Gasteiger partial charge in [0.2, 0.25) is 0 Å². The topological polar surface area (TPSA) is 18.5 Å². The minimum absolute atomic E-state index is 0.818. The third-order valence-electron chi connectivity index (χ3n) is 3.66. The maximum Gasteiger partial charge on any atom is 0.0413 e. The summed E-state index contributed by atoms with van der Waals surface area (Å²) in [5.41, 5.74) is 2.62. The van der Waals surface area contributed by atoms with Crippen molar-refractivity contribution >= 4 is 17.3 Å². The maximum atomic E-state index is 6.10. The molecule has 19 heavy (non-hydrogen) atoms. The van der Waals surface area contributed by atoms with E-state index in [1.807, 2.05) is 13.1 Å². The van der Waals surface area contributed by atoms with Crippen LogP contribution < -0.4 is 10.2 Å². The van der Waals surface area contributed by atoms with Gasteiger partial charge in [0.25, 0.3) is 0 Å².